The van der Waals surface area contributed by atoms with Gasteiger partial charge in [0.05, 0.1) is 6.61 Å². The lowest BCUT2D eigenvalue weighted by atomic mass is 10.3. The average Bonchev–Trinajstić information content (AvgIpc) is 2.51. The number of thiocarbonyl (C=S) groups is 1. The lowest BCUT2D eigenvalue weighted by Crippen LogP contribution is -2.53. The molecule has 1 fully saturated rings. The first kappa shape index (κ1) is 17.0. The zero-order chi connectivity index (χ0) is 15.8. The minimum Gasteiger partial charge on any atom is -0.494 e. The van der Waals surface area contributed by atoms with Crippen LogP contribution in [0.25, 0.3) is 0 Å². The number of hydrogen-bond acceptors (Lipinski definition) is 4. The molecule has 1 aliphatic heterocycles. The van der Waals surface area contributed by atoms with Crippen molar-refractivity contribution in [3.8, 4) is 5.75 Å². The number of nitrogens with one attached hydrogen (secondary N) is 2. The van der Waals surface area contributed by atoms with E-state index in [0.717, 1.165) is 57.1 Å². The summed E-state index contributed by atoms with van der Waals surface area (Å²) >= 11 is 5.36. The zero-order valence-electron chi connectivity index (χ0n) is 13.5. The number of ether oxygens (including phenoxy) is 1. The molecule has 5 nitrogen and oxygen atoms in total. The first-order chi connectivity index (χ1) is 10.7. The van der Waals surface area contributed by atoms with Gasteiger partial charge in [0.15, 0.2) is 5.11 Å². The number of anilines is 1. The van der Waals surface area contributed by atoms with Crippen LogP contribution in [0.1, 0.15) is 19.8 Å². The fourth-order valence-corrected chi connectivity index (χ4v) is 2.44. The van der Waals surface area contributed by atoms with Crippen LogP contribution in [-0.4, -0.2) is 54.9 Å². The third-order valence-electron chi connectivity index (χ3n) is 3.64. The van der Waals surface area contributed by atoms with Gasteiger partial charge in [-0.05, 0) is 50.0 Å². The lowest BCUT2D eigenvalue weighted by molar-refractivity contribution is 0.131. The molecule has 0 radical (unpaired) electrons. The van der Waals surface area contributed by atoms with Crippen molar-refractivity contribution in [2.45, 2.75) is 19.8 Å². The Kier molecular flexibility index (Phi) is 6.89. The highest BCUT2D eigenvalue weighted by Gasteiger charge is 2.14. The molecule has 0 spiro atoms. The molecule has 1 aliphatic rings. The number of hydrazine groups is 1. The van der Waals surface area contributed by atoms with Crippen molar-refractivity contribution in [3.05, 3.63) is 24.3 Å². The van der Waals surface area contributed by atoms with Gasteiger partial charge in [-0.2, -0.15) is 0 Å². The van der Waals surface area contributed by atoms with E-state index in [1.807, 2.05) is 24.3 Å². The van der Waals surface area contributed by atoms with Gasteiger partial charge in [0, 0.05) is 31.9 Å². The van der Waals surface area contributed by atoms with E-state index < -0.39 is 0 Å². The lowest BCUT2D eigenvalue weighted by Gasteiger charge is -2.33. The maximum absolute atomic E-state index is 5.65. The van der Waals surface area contributed by atoms with Crippen LogP contribution >= 0.6 is 12.2 Å². The molecule has 2 rings (SSSR count). The predicted molar refractivity (Wildman–Crippen MR) is 95.3 cm³/mol. The van der Waals surface area contributed by atoms with Gasteiger partial charge in [0.1, 0.15) is 5.75 Å². The molecule has 122 valence electrons. The first-order valence-electron chi connectivity index (χ1n) is 7.91. The first-order valence-corrected chi connectivity index (χ1v) is 8.32. The molecule has 2 N–H and O–H groups in total. The van der Waals surface area contributed by atoms with Crippen molar-refractivity contribution < 1.29 is 4.74 Å². The van der Waals surface area contributed by atoms with Crippen LogP contribution in [0.4, 0.5) is 5.69 Å². The monoisotopic (exact) mass is 322 g/mol. The standard InChI is InChI=1S/C16H26N4OS/c1-3-4-13-21-15-7-5-14(6-8-15)17-16(22)18-20-11-9-19(2)10-12-20/h5-8H,3-4,9-13H2,1-2H3,(H2,17,18,22). The molecule has 0 atom stereocenters. The molecule has 0 unspecified atom stereocenters. The Labute approximate surface area is 138 Å². The SMILES string of the molecule is CCCCOc1ccc(NC(=S)NN2CCN(C)CC2)cc1. The Morgan fingerprint density at radius 2 is 1.86 bits per heavy atom. The van der Waals surface area contributed by atoms with E-state index >= 15 is 0 Å². The van der Waals surface area contributed by atoms with Crippen molar-refractivity contribution in [1.82, 2.24) is 15.3 Å². The smallest absolute Gasteiger partial charge is 0.185 e. The number of nitrogens with zero attached hydrogens (tertiary/aromatic N) is 2. The molecule has 1 heterocycles. The third kappa shape index (κ3) is 5.79. The van der Waals surface area contributed by atoms with E-state index in [0.29, 0.717) is 5.11 Å². The summed E-state index contributed by atoms with van der Waals surface area (Å²) in [5.74, 6) is 0.900. The molecule has 1 saturated heterocycles. The molecule has 0 aliphatic carbocycles. The minimum absolute atomic E-state index is 0.629. The van der Waals surface area contributed by atoms with Gasteiger partial charge in [-0.25, -0.2) is 5.01 Å². The zero-order valence-corrected chi connectivity index (χ0v) is 14.3. The van der Waals surface area contributed by atoms with Gasteiger partial charge in [-0.15, -0.1) is 0 Å². The van der Waals surface area contributed by atoms with E-state index in [1.165, 1.54) is 0 Å². The normalized spacial score (nSPS) is 16.3. The van der Waals surface area contributed by atoms with Crippen molar-refractivity contribution in [2.75, 3.05) is 45.2 Å². The van der Waals surface area contributed by atoms with Gasteiger partial charge in [-0.1, -0.05) is 13.3 Å². The molecule has 0 saturated carbocycles. The molecule has 1 aromatic carbocycles. The Hall–Kier alpha value is -1.37. The quantitative estimate of drug-likeness (QED) is 0.619. The van der Waals surface area contributed by atoms with Crippen LogP contribution in [0.5, 0.6) is 5.75 Å². The number of hydrogen-bond donors (Lipinski definition) is 2. The Morgan fingerprint density at radius 3 is 2.50 bits per heavy atom. The molecule has 1 aromatic rings. The van der Waals surface area contributed by atoms with Crippen LogP contribution < -0.4 is 15.5 Å². The molecule has 0 amide bonds. The molecular weight excluding hydrogens is 296 g/mol. The number of rotatable bonds is 6. The van der Waals surface area contributed by atoms with Crippen LogP contribution in [-0.2, 0) is 0 Å². The number of unbranched alkanes of at least 4 members (excludes halogenated alkanes) is 1. The van der Waals surface area contributed by atoms with Crippen LogP contribution in [0.3, 0.4) is 0 Å². The highest BCUT2D eigenvalue weighted by molar-refractivity contribution is 7.80. The highest BCUT2D eigenvalue weighted by Crippen LogP contribution is 2.16. The second kappa shape index (κ2) is 8.92. The summed E-state index contributed by atoms with van der Waals surface area (Å²) in [6, 6.07) is 7.91. The minimum atomic E-state index is 0.629. The van der Waals surface area contributed by atoms with Crippen LogP contribution in [0.15, 0.2) is 24.3 Å². The summed E-state index contributed by atoms with van der Waals surface area (Å²) in [6.07, 6.45) is 2.23. The van der Waals surface area contributed by atoms with Gasteiger partial charge in [-0.3, -0.25) is 5.43 Å². The van der Waals surface area contributed by atoms with E-state index in [2.05, 4.69) is 34.6 Å². The fraction of sp³-hybridized carbons (Fsp3) is 0.562. The molecule has 22 heavy (non-hydrogen) atoms. The number of benzene rings is 1. The summed E-state index contributed by atoms with van der Waals surface area (Å²) < 4.78 is 5.65. The summed E-state index contributed by atoms with van der Waals surface area (Å²) in [6.45, 7) is 6.99. The second-order valence-electron chi connectivity index (χ2n) is 5.58. The maximum Gasteiger partial charge on any atom is 0.185 e. The van der Waals surface area contributed by atoms with Gasteiger partial charge in [0.2, 0.25) is 0 Å². The largest absolute Gasteiger partial charge is 0.494 e. The summed E-state index contributed by atoms with van der Waals surface area (Å²) in [4.78, 5) is 2.31. The summed E-state index contributed by atoms with van der Waals surface area (Å²) in [5, 5.41) is 5.98. The molecule has 0 aromatic heterocycles. The van der Waals surface area contributed by atoms with Crippen LogP contribution in [0, 0.1) is 0 Å². The Bertz CT molecular complexity index is 458. The maximum atomic E-state index is 5.65. The van der Waals surface area contributed by atoms with E-state index in [1.54, 1.807) is 0 Å². The Balaban J connectivity index is 1.74. The van der Waals surface area contributed by atoms with E-state index in [4.69, 9.17) is 17.0 Å². The number of piperazine rings is 1. The van der Waals surface area contributed by atoms with Crippen molar-refractivity contribution in [2.24, 2.45) is 0 Å². The molecule has 6 heteroatoms. The highest BCUT2D eigenvalue weighted by atomic mass is 32.1. The van der Waals surface area contributed by atoms with Gasteiger partial charge >= 0.3 is 0 Å². The van der Waals surface area contributed by atoms with Gasteiger partial charge in [0.25, 0.3) is 0 Å². The second-order valence-corrected chi connectivity index (χ2v) is 5.99. The van der Waals surface area contributed by atoms with Crippen molar-refractivity contribution in [1.29, 1.82) is 0 Å². The van der Waals surface area contributed by atoms with Crippen LogP contribution in [0.2, 0.25) is 0 Å². The van der Waals surface area contributed by atoms with Gasteiger partial charge < -0.3 is 15.0 Å². The van der Waals surface area contributed by atoms with E-state index in [-0.39, 0.29) is 0 Å². The summed E-state index contributed by atoms with van der Waals surface area (Å²) in [7, 11) is 2.14. The van der Waals surface area contributed by atoms with E-state index in [9.17, 15) is 0 Å². The average molecular weight is 322 g/mol. The van der Waals surface area contributed by atoms with Crippen molar-refractivity contribution >= 4 is 23.0 Å². The fourth-order valence-electron chi connectivity index (χ4n) is 2.19. The topological polar surface area (TPSA) is 39.8 Å². The van der Waals surface area contributed by atoms with Crippen molar-refractivity contribution in [3.63, 3.8) is 0 Å². The molecule has 0 bridgehead atoms. The number of likely N-dealkylation sites (N-methyl/N-ethyl adjacent to an activating group) is 1. The predicted octanol–water partition coefficient (Wildman–Crippen LogP) is 2.31. The molecular formula is C16H26N4OS. The summed E-state index contributed by atoms with van der Waals surface area (Å²) in [5.41, 5.74) is 4.21. The Morgan fingerprint density at radius 1 is 1.18 bits per heavy atom. The third-order valence-corrected chi connectivity index (χ3v) is 3.84.